The Kier molecular flexibility index (Phi) is 6.12. The van der Waals surface area contributed by atoms with Crippen molar-refractivity contribution >= 4 is 40.5 Å². The third-order valence-electron chi connectivity index (χ3n) is 4.51. The van der Waals surface area contributed by atoms with Crippen LogP contribution in [0.4, 0.5) is 5.69 Å². The van der Waals surface area contributed by atoms with Gasteiger partial charge in [0.1, 0.15) is 0 Å². The summed E-state index contributed by atoms with van der Waals surface area (Å²) in [5, 5.41) is 7.72. The highest BCUT2D eigenvalue weighted by molar-refractivity contribution is 7.80. The van der Waals surface area contributed by atoms with E-state index in [0.717, 1.165) is 37.2 Å². The lowest BCUT2D eigenvalue weighted by atomic mass is 10.0. The van der Waals surface area contributed by atoms with Crippen molar-refractivity contribution in [3.63, 3.8) is 0 Å². The number of hydrogen-bond acceptors (Lipinski definition) is 2. The monoisotopic (exact) mass is 387 g/mol. The van der Waals surface area contributed by atoms with E-state index in [2.05, 4.69) is 15.5 Å². The van der Waals surface area contributed by atoms with Crippen LogP contribution in [-0.2, 0) is 0 Å². The molecule has 0 atom stereocenters. The molecule has 1 heterocycles. The molecule has 6 heteroatoms. The number of benzene rings is 2. The highest BCUT2D eigenvalue weighted by atomic mass is 35.5. The summed E-state index contributed by atoms with van der Waals surface area (Å²) < 4.78 is 0. The van der Waals surface area contributed by atoms with E-state index in [1.807, 2.05) is 55.5 Å². The quantitative estimate of drug-likeness (QED) is 0.773. The first kappa shape index (κ1) is 18.7. The number of thiocarbonyl (C=S) groups is 1. The van der Waals surface area contributed by atoms with Crippen LogP contribution in [0.25, 0.3) is 0 Å². The molecule has 3 rings (SSSR count). The van der Waals surface area contributed by atoms with E-state index in [1.165, 1.54) is 0 Å². The van der Waals surface area contributed by atoms with Crippen LogP contribution in [-0.4, -0.2) is 35.1 Å². The van der Waals surface area contributed by atoms with Gasteiger partial charge in [-0.15, -0.1) is 0 Å². The second kappa shape index (κ2) is 8.52. The van der Waals surface area contributed by atoms with Crippen molar-refractivity contribution in [2.75, 3.05) is 18.4 Å². The van der Waals surface area contributed by atoms with E-state index in [9.17, 15) is 4.79 Å². The zero-order valence-electron chi connectivity index (χ0n) is 14.7. The molecule has 136 valence electrons. The average molecular weight is 388 g/mol. The van der Waals surface area contributed by atoms with Crippen LogP contribution in [0, 0.1) is 6.92 Å². The Morgan fingerprint density at radius 2 is 1.85 bits per heavy atom. The topological polar surface area (TPSA) is 44.4 Å². The van der Waals surface area contributed by atoms with Gasteiger partial charge in [0.25, 0.3) is 5.91 Å². The molecule has 1 aliphatic rings. The van der Waals surface area contributed by atoms with Crippen molar-refractivity contribution in [2.24, 2.45) is 0 Å². The Bertz CT molecular complexity index is 786. The molecule has 0 spiro atoms. The first-order valence-electron chi connectivity index (χ1n) is 8.70. The summed E-state index contributed by atoms with van der Waals surface area (Å²) in [5.74, 6) is -0.0110. The second-order valence-corrected chi connectivity index (χ2v) is 7.36. The van der Waals surface area contributed by atoms with Gasteiger partial charge in [-0.2, -0.15) is 0 Å². The van der Waals surface area contributed by atoms with Gasteiger partial charge in [-0.1, -0.05) is 35.4 Å². The molecule has 0 bridgehead atoms. The van der Waals surface area contributed by atoms with Gasteiger partial charge >= 0.3 is 0 Å². The third kappa shape index (κ3) is 4.96. The molecule has 2 aromatic rings. The van der Waals surface area contributed by atoms with Crippen LogP contribution in [0.5, 0.6) is 0 Å². The van der Waals surface area contributed by atoms with Gasteiger partial charge in [0.05, 0.1) is 0 Å². The van der Waals surface area contributed by atoms with E-state index >= 15 is 0 Å². The van der Waals surface area contributed by atoms with Crippen LogP contribution in [0.1, 0.15) is 28.8 Å². The minimum Gasteiger partial charge on any atom is -0.349 e. The van der Waals surface area contributed by atoms with Crippen LogP contribution < -0.4 is 10.6 Å². The fourth-order valence-electron chi connectivity index (χ4n) is 2.97. The smallest absolute Gasteiger partial charge is 0.251 e. The fraction of sp³-hybridized carbons (Fsp3) is 0.300. The van der Waals surface area contributed by atoms with E-state index < -0.39 is 0 Å². The number of nitrogens with zero attached hydrogens (tertiary/aromatic N) is 1. The Hall–Kier alpha value is -2.11. The molecule has 26 heavy (non-hydrogen) atoms. The van der Waals surface area contributed by atoms with E-state index in [0.29, 0.717) is 15.7 Å². The maximum Gasteiger partial charge on any atom is 0.251 e. The summed E-state index contributed by atoms with van der Waals surface area (Å²) in [6, 6.07) is 15.3. The van der Waals surface area contributed by atoms with Gasteiger partial charge in [0.15, 0.2) is 5.11 Å². The van der Waals surface area contributed by atoms with Crippen molar-refractivity contribution < 1.29 is 4.79 Å². The third-order valence-corrected chi connectivity index (χ3v) is 5.10. The lowest BCUT2D eigenvalue weighted by Gasteiger charge is -2.34. The maximum atomic E-state index is 12.3. The van der Waals surface area contributed by atoms with Crippen LogP contribution in [0.2, 0.25) is 5.02 Å². The minimum absolute atomic E-state index is 0.0110. The molecule has 0 saturated carbocycles. The van der Waals surface area contributed by atoms with Crippen molar-refractivity contribution in [3.8, 4) is 0 Å². The van der Waals surface area contributed by atoms with Crippen LogP contribution in [0.15, 0.2) is 48.5 Å². The number of amides is 1. The van der Waals surface area contributed by atoms with Gasteiger partial charge < -0.3 is 15.5 Å². The summed E-state index contributed by atoms with van der Waals surface area (Å²) in [6.07, 6.45) is 1.74. The molecule has 4 nitrogen and oxygen atoms in total. The first-order chi connectivity index (χ1) is 12.5. The second-order valence-electron chi connectivity index (χ2n) is 6.54. The van der Waals surface area contributed by atoms with Crippen LogP contribution >= 0.6 is 23.8 Å². The number of carbonyl (C=O) groups is 1. The van der Waals surface area contributed by atoms with Gasteiger partial charge in [0.2, 0.25) is 0 Å². The number of aryl methyl sites for hydroxylation is 1. The molecule has 2 N–H and O–H groups in total. The lowest BCUT2D eigenvalue weighted by molar-refractivity contribution is 0.0922. The van der Waals surface area contributed by atoms with Gasteiger partial charge in [0, 0.05) is 35.4 Å². The molecule has 1 saturated heterocycles. The molecule has 0 radical (unpaired) electrons. The molecule has 0 aromatic heterocycles. The zero-order valence-corrected chi connectivity index (χ0v) is 16.2. The zero-order chi connectivity index (χ0) is 18.5. The molecular weight excluding hydrogens is 366 g/mol. The standard InChI is InChI=1S/C20H22ClN3OS/c1-14-5-7-15(8-6-14)19(25)22-17-9-11-24(12-10-17)20(26)23-18-4-2-3-16(21)13-18/h2-8,13,17H,9-12H2,1H3,(H,22,25)(H,23,26). The summed E-state index contributed by atoms with van der Waals surface area (Å²) in [4.78, 5) is 14.5. The van der Waals surface area contributed by atoms with Gasteiger partial charge in [-0.25, -0.2) is 0 Å². The molecule has 0 aliphatic carbocycles. The lowest BCUT2D eigenvalue weighted by Crippen LogP contribution is -2.47. The summed E-state index contributed by atoms with van der Waals surface area (Å²) in [6.45, 7) is 3.63. The fourth-order valence-corrected chi connectivity index (χ4v) is 3.46. The predicted octanol–water partition coefficient (Wildman–Crippen LogP) is 4.24. The normalized spacial score (nSPS) is 14.8. The number of anilines is 1. The Morgan fingerprint density at radius 1 is 1.15 bits per heavy atom. The summed E-state index contributed by atoms with van der Waals surface area (Å²) in [5.41, 5.74) is 2.74. The summed E-state index contributed by atoms with van der Waals surface area (Å²) in [7, 11) is 0. The number of carbonyl (C=O) groups excluding carboxylic acids is 1. The van der Waals surface area contributed by atoms with Gasteiger partial charge in [-0.05, 0) is 62.3 Å². The molecular formula is C20H22ClN3OS. The number of piperidine rings is 1. The molecule has 2 aromatic carbocycles. The summed E-state index contributed by atoms with van der Waals surface area (Å²) >= 11 is 11.5. The van der Waals surface area contributed by atoms with Crippen molar-refractivity contribution in [1.82, 2.24) is 10.2 Å². The van der Waals surface area contributed by atoms with E-state index in [4.69, 9.17) is 23.8 Å². The van der Waals surface area contributed by atoms with E-state index in [-0.39, 0.29) is 11.9 Å². The van der Waals surface area contributed by atoms with Crippen molar-refractivity contribution in [1.29, 1.82) is 0 Å². The highest BCUT2D eigenvalue weighted by Gasteiger charge is 2.22. The van der Waals surface area contributed by atoms with E-state index in [1.54, 1.807) is 0 Å². The largest absolute Gasteiger partial charge is 0.349 e. The van der Waals surface area contributed by atoms with Crippen molar-refractivity contribution in [2.45, 2.75) is 25.8 Å². The number of nitrogens with one attached hydrogen (secondary N) is 2. The SMILES string of the molecule is Cc1ccc(C(=O)NC2CCN(C(=S)Nc3cccc(Cl)c3)CC2)cc1. The van der Waals surface area contributed by atoms with Crippen molar-refractivity contribution in [3.05, 3.63) is 64.7 Å². The van der Waals surface area contributed by atoms with Crippen LogP contribution in [0.3, 0.4) is 0 Å². The molecule has 0 unspecified atom stereocenters. The molecule has 1 amide bonds. The average Bonchev–Trinajstić information content (AvgIpc) is 2.63. The Balaban J connectivity index is 1.48. The number of rotatable bonds is 3. The number of likely N-dealkylation sites (tertiary alicyclic amines) is 1. The maximum absolute atomic E-state index is 12.3. The number of halogens is 1. The molecule has 1 fully saturated rings. The first-order valence-corrected chi connectivity index (χ1v) is 9.49. The minimum atomic E-state index is -0.0110. The predicted molar refractivity (Wildman–Crippen MR) is 111 cm³/mol. The van der Waals surface area contributed by atoms with Gasteiger partial charge in [-0.3, -0.25) is 4.79 Å². The highest BCUT2D eigenvalue weighted by Crippen LogP contribution is 2.17. The Labute approximate surface area is 164 Å². The Morgan fingerprint density at radius 3 is 2.50 bits per heavy atom. The number of hydrogen-bond donors (Lipinski definition) is 2. The molecule has 1 aliphatic heterocycles.